The van der Waals surface area contributed by atoms with Gasteiger partial charge in [-0.05, 0) is 34.1 Å². The minimum Gasteiger partial charge on any atom is -0.454 e. The van der Waals surface area contributed by atoms with E-state index >= 15 is 0 Å². The summed E-state index contributed by atoms with van der Waals surface area (Å²) in [5, 5.41) is 8.77. The van der Waals surface area contributed by atoms with Crippen molar-refractivity contribution in [2.75, 3.05) is 5.73 Å². The summed E-state index contributed by atoms with van der Waals surface area (Å²) >= 11 is 3.17. The molecule has 0 amide bonds. The summed E-state index contributed by atoms with van der Waals surface area (Å²) in [6.07, 6.45) is 0. The van der Waals surface area contributed by atoms with Crippen LogP contribution in [0.25, 0.3) is 0 Å². The Morgan fingerprint density at radius 2 is 1.89 bits per heavy atom. The molecule has 2 aromatic carbocycles. The van der Waals surface area contributed by atoms with Gasteiger partial charge in [0, 0.05) is 16.6 Å². The van der Waals surface area contributed by atoms with Crippen molar-refractivity contribution in [3.63, 3.8) is 0 Å². The first kappa shape index (κ1) is 13.3. The zero-order valence-corrected chi connectivity index (χ0v) is 11.0. The minimum absolute atomic E-state index is 0.272. The van der Waals surface area contributed by atoms with Gasteiger partial charge >= 0.3 is 0 Å². The lowest BCUT2D eigenvalue weighted by molar-refractivity contribution is 0.437. The Balaban J connectivity index is 2.34. The average Bonchev–Trinajstić information content (AvgIpc) is 2.36. The smallest absolute Gasteiger partial charge is 0.167 e. The predicted molar refractivity (Wildman–Crippen MR) is 69.7 cm³/mol. The maximum absolute atomic E-state index is 13.5. The Morgan fingerprint density at radius 1 is 1.16 bits per heavy atom. The van der Waals surface area contributed by atoms with E-state index in [9.17, 15) is 8.78 Å². The zero-order valence-electron chi connectivity index (χ0n) is 9.45. The lowest BCUT2D eigenvalue weighted by Gasteiger charge is -2.08. The molecule has 6 heteroatoms. The maximum Gasteiger partial charge on any atom is 0.167 e. The van der Waals surface area contributed by atoms with Crippen molar-refractivity contribution >= 4 is 21.6 Å². The van der Waals surface area contributed by atoms with Gasteiger partial charge in [0.15, 0.2) is 11.6 Å². The van der Waals surface area contributed by atoms with Crippen molar-refractivity contribution < 1.29 is 13.5 Å². The van der Waals surface area contributed by atoms with E-state index in [1.165, 1.54) is 18.2 Å². The van der Waals surface area contributed by atoms with Gasteiger partial charge in [0.25, 0.3) is 0 Å². The van der Waals surface area contributed by atoms with E-state index < -0.39 is 11.6 Å². The Hall–Kier alpha value is -2.13. The molecule has 0 aliphatic carbocycles. The number of ether oxygens (including phenoxy) is 1. The largest absolute Gasteiger partial charge is 0.454 e. The normalized spacial score (nSPS) is 10.0. The fraction of sp³-hybridized carbons (Fsp3) is 0. The van der Waals surface area contributed by atoms with Crippen LogP contribution in [0.15, 0.2) is 34.8 Å². The Morgan fingerprint density at radius 3 is 2.53 bits per heavy atom. The van der Waals surface area contributed by atoms with Gasteiger partial charge in [0.1, 0.15) is 17.6 Å². The van der Waals surface area contributed by atoms with Crippen LogP contribution in [0.2, 0.25) is 0 Å². The summed E-state index contributed by atoms with van der Waals surface area (Å²) in [4.78, 5) is 0. The summed E-state index contributed by atoms with van der Waals surface area (Å²) in [7, 11) is 0. The Kier molecular flexibility index (Phi) is 3.67. The van der Waals surface area contributed by atoms with Crippen LogP contribution in [0, 0.1) is 23.0 Å². The molecule has 0 aliphatic rings. The first-order valence-electron chi connectivity index (χ1n) is 5.13. The lowest BCUT2D eigenvalue weighted by Crippen LogP contribution is -1.95. The van der Waals surface area contributed by atoms with Gasteiger partial charge in [0.05, 0.1) is 11.3 Å². The molecule has 2 N–H and O–H groups in total. The number of nitrogens with zero attached hydrogens (tertiary/aromatic N) is 1. The van der Waals surface area contributed by atoms with E-state index in [0.29, 0.717) is 10.0 Å². The van der Waals surface area contributed by atoms with E-state index in [1.807, 2.05) is 6.07 Å². The molecule has 0 fully saturated rings. The van der Waals surface area contributed by atoms with E-state index in [1.54, 1.807) is 0 Å². The number of rotatable bonds is 2. The minimum atomic E-state index is -0.764. The zero-order chi connectivity index (χ0) is 14.0. The molecule has 96 valence electrons. The summed E-state index contributed by atoms with van der Waals surface area (Å²) in [5.41, 5.74) is 5.36. The average molecular weight is 325 g/mol. The third kappa shape index (κ3) is 2.83. The van der Waals surface area contributed by atoms with E-state index in [4.69, 9.17) is 15.7 Å². The SMILES string of the molecule is N#Cc1ccc(Oc2cc(F)c(N)cc2F)cc1Br. The van der Waals surface area contributed by atoms with Crippen LogP contribution in [-0.4, -0.2) is 0 Å². The molecular formula is C13H7BrF2N2O. The van der Waals surface area contributed by atoms with Crippen molar-refractivity contribution in [2.24, 2.45) is 0 Å². The van der Waals surface area contributed by atoms with Crippen LogP contribution in [-0.2, 0) is 0 Å². The topological polar surface area (TPSA) is 59.0 Å². The summed E-state index contributed by atoms with van der Waals surface area (Å²) in [6, 6.07) is 8.16. The van der Waals surface area contributed by atoms with Crippen molar-refractivity contribution in [1.82, 2.24) is 0 Å². The lowest BCUT2D eigenvalue weighted by atomic mass is 10.2. The summed E-state index contributed by atoms with van der Waals surface area (Å²) < 4.78 is 32.5. The second kappa shape index (κ2) is 5.24. The van der Waals surface area contributed by atoms with Crippen LogP contribution in [0.5, 0.6) is 11.5 Å². The molecule has 0 spiro atoms. The first-order chi connectivity index (χ1) is 9.01. The van der Waals surface area contributed by atoms with Crippen LogP contribution < -0.4 is 10.5 Å². The quantitative estimate of drug-likeness (QED) is 0.850. The van der Waals surface area contributed by atoms with E-state index in [0.717, 1.165) is 12.1 Å². The molecular weight excluding hydrogens is 318 g/mol. The number of nitrogen functional groups attached to an aromatic ring is 1. The van der Waals surface area contributed by atoms with Crippen LogP contribution in [0.4, 0.5) is 14.5 Å². The molecule has 0 atom stereocenters. The molecule has 3 nitrogen and oxygen atoms in total. The third-order valence-corrected chi connectivity index (χ3v) is 3.00. The van der Waals surface area contributed by atoms with Crippen LogP contribution in [0.1, 0.15) is 5.56 Å². The predicted octanol–water partition coefficient (Wildman–Crippen LogP) is 3.97. The molecule has 0 bridgehead atoms. The van der Waals surface area contributed by atoms with E-state index in [2.05, 4.69) is 15.9 Å². The highest BCUT2D eigenvalue weighted by Gasteiger charge is 2.11. The highest BCUT2D eigenvalue weighted by Crippen LogP contribution is 2.30. The van der Waals surface area contributed by atoms with Gasteiger partial charge in [-0.1, -0.05) is 0 Å². The summed E-state index contributed by atoms with van der Waals surface area (Å²) in [6.45, 7) is 0. The molecule has 0 radical (unpaired) electrons. The molecule has 2 rings (SSSR count). The molecule has 0 heterocycles. The monoisotopic (exact) mass is 324 g/mol. The fourth-order valence-electron chi connectivity index (χ4n) is 1.40. The first-order valence-corrected chi connectivity index (χ1v) is 5.92. The maximum atomic E-state index is 13.5. The van der Waals surface area contributed by atoms with Crippen LogP contribution in [0.3, 0.4) is 0 Å². The second-order valence-corrected chi connectivity index (χ2v) is 4.51. The summed E-state index contributed by atoms with van der Waals surface area (Å²) in [5.74, 6) is -1.53. The number of nitriles is 1. The van der Waals surface area contributed by atoms with Crippen molar-refractivity contribution in [2.45, 2.75) is 0 Å². The Bertz CT molecular complexity index is 683. The number of hydrogen-bond donors (Lipinski definition) is 1. The number of halogens is 3. The fourth-order valence-corrected chi connectivity index (χ4v) is 1.85. The van der Waals surface area contributed by atoms with Crippen molar-refractivity contribution in [3.8, 4) is 17.6 Å². The molecule has 19 heavy (non-hydrogen) atoms. The van der Waals surface area contributed by atoms with Gasteiger partial charge < -0.3 is 10.5 Å². The highest BCUT2D eigenvalue weighted by molar-refractivity contribution is 9.10. The molecule has 0 aromatic heterocycles. The second-order valence-electron chi connectivity index (χ2n) is 3.66. The number of hydrogen-bond acceptors (Lipinski definition) is 3. The van der Waals surface area contributed by atoms with Crippen LogP contribution >= 0.6 is 15.9 Å². The standard InChI is InChI=1S/C13H7BrF2N2O/c14-9-3-8(2-1-7(9)6-17)19-13-5-10(15)12(18)4-11(13)16/h1-5H,18H2. The van der Waals surface area contributed by atoms with Gasteiger partial charge in [-0.15, -0.1) is 0 Å². The van der Waals surface area contributed by atoms with Crippen molar-refractivity contribution in [3.05, 3.63) is 52.0 Å². The van der Waals surface area contributed by atoms with Gasteiger partial charge in [-0.25, -0.2) is 8.78 Å². The molecule has 0 saturated heterocycles. The molecule has 0 saturated carbocycles. The number of benzene rings is 2. The van der Waals surface area contributed by atoms with Gasteiger partial charge in [-0.2, -0.15) is 5.26 Å². The molecule has 0 aliphatic heterocycles. The van der Waals surface area contributed by atoms with Gasteiger partial charge in [-0.3, -0.25) is 0 Å². The Labute approximate surface area is 116 Å². The van der Waals surface area contributed by atoms with E-state index in [-0.39, 0.29) is 17.2 Å². The van der Waals surface area contributed by atoms with Crippen molar-refractivity contribution in [1.29, 1.82) is 5.26 Å². The number of anilines is 1. The highest BCUT2D eigenvalue weighted by atomic mass is 79.9. The van der Waals surface area contributed by atoms with Gasteiger partial charge in [0.2, 0.25) is 0 Å². The molecule has 0 unspecified atom stereocenters. The third-order valence-electron chi connectivity index (χ3n) is 2.34. The number of nitrogens with two attached hydrogens (primary N) is 1. The molecule has 2 aromatic rings.